The summed E-state index contributed by atoms with van der Waals surface area (Å²) in [5, 5.41) is 4.16. The Labute approximate surface area is 108 Å². The largest absolute Gasteiger partial charge is 0.339 e. The maximum atomic E-state index is 6.49. The van der Waals surface area contributed by atoms with Gasteiger partial charge in [0.1, 0.15) is 0 Å². The van der Waals surface area contributed by atoms with Gasteiger partial charge in [-0.2, -0.15) is 4.98 Å². The summed E-state index contributed by atoms with van der Waals surface area (Å²) >= 11 is 0. The van der Waals surface area contributed by atoms with Crippen LogP contribution in [0.4, 0.5) is 0 Å². The van der Waals surface area contributed by atoms with Gasteiger partial charge in [-0.15, -0.1) is 0 Å². The monoisotopic (exact) mass is 249 g/mol. The van der Waals surface area contributed by atoms with Gasteiger partial charge in [0.25, 0.3) is 0 Å². The summed E-state index contributed by atoms with van der Waals surface area (Å²) in [5.74, 6) is 2.61. The average molecular weight is 249 g/mol. The average Bonchev–Trinajstić information content (AvgIpc) is 2.75. The van der Waals surface area contributed by atoms with Crippen molar-refractivity contribution in [2.75, 3.05) is 0 Å². The normalized spacial score (nSPS) is 38.7. The van der Waals surface area contributed by atoms with Gasteiger partial charge in [0.15, 0.2) is 5.82 Å². The van der Waals surface area contributed by atoms with Gasteiger partial charge in [0.2, 0.25) is 5.89 Å². The van der Waals surface area contributed by atoms with E-state index in [1.807, 2.05) is 0 Å². The minimum Gasteiger partial charge on any atom is -0.339 e. The summed E-state index contributed by atoms with van der Waals surface area (Å²) in [5.41, 5.74) is 6.45. The van der Waals surface area contributed by atoms with Crippen LogP contribution in [-0.4, -0.2) is 10.1 Å². The number of nitrogens with two attached hydrogens (primary N) is 1. The zero-order chi connectivity index (χ0) is 13.0. The first kappa shape index (κ1) is 12.2. The molecule has 18 heavy (non-hydrogen) atoms. The quantitative estimate of drug-likeness (QED) is 0.875. The van der Waals surface area contributed by atoms with Crippen LogP contribution in [0, 0.1) is 11.3 Å². The highest BCUT2D eigenvalue weighted by atomic mass is 16.5. The van der Waals surface area contributed by atoms with E-state index in [1.165, 1.54) is 6.42 Å². The Bertz CT molecular complexity index is 454. The molecule has 0 saturated heterocycles. The van der Waals surface area contributed by atoms with Gasteiger partial charge in [0.05, 0.1) is 5.54 Å². The van der Waals surface area contributed by atoms with Gasteiger partial charge in [-0.25, -0.2) is 0 Å². The molecule has 0 amide bonds. The Morgan fingerprint density at radius 1 is 1.33 bits per heavy atom. The molecule has 0 bridgehead atoms. The molecule has 0 aliphatic heterocycles. The number of rotatable bonds is 2. The van der Waals surface area contributed by atoms with Crippen molar-refractivity contribution in [1.82, 2.24) is 10.1 Å². The van der Waals surface area contributed by atoms with E-state index in [1.54, 1.807) is 0 Å². The molecule has 1 heterocycles. The number of aromatic nitrogens is 2. The molecule has 0 radical (unpaired) electrons. The van der Waals surface area contributed by atoms with Crippen molar-refractivity contribution in [2.24, 2.45) is 17.1 Å². The zero-order valence-electron chi connectivity index (χ0n) is 11.6. The Morgan fingerprint density at radius 3 is 2.67 bits per heavy atom. The highest BCUT2D eigenvalue weighted by Gasteiger charge is 2.51. The molecule has 2 fully saturated rings. The summed E-state index contributed by atoms with van der Waals surface area (Å²) in [6.45, 7) is 6.73. The lowest BCUT2D eigenvalue weighted by Crippen LogP contribution is -2.42. The van der Waals surface area contributed by atoms with E-state index in [9.17, 15) is 0 Å². The van der Waals surface area contributed by atoms with E-state index in [-0.39, 0.29) is 5.54 Å². The molecule has 2 N–H and O–H groups in total. The lowest BCUT2D eigenvalue weighted by Gasteiger charge is -2.33. The molecule has 100 valence electrons. The number of hydrogen-bond donors (Lipinski definition) is 1. The molecular weight excluding hydrogens is 226 g/mol. The Balaban J connectivity index is 1.80. The standard InChI is InChI=1S/C14H23N3O/c1-9-5-4-6-14(15,7-9)12-16-11(18-17-12)10-8-13(10,2)3/h9-10H,4-8,15H2,1-3H3. The van der Waals surface area contributed by atoms with E-state index in [0.29, 0.717) is 17.3 Å². The highest BCUT2D eigenvalue weighted by Crippen LogP contribution is 2.58. The smallest absolute Gasteiger partial charge is 0.230 e. The van der Waals surface area contributed by atoms with Crippen LogP contribution in [0.5, 0.6) is 0 Å². The van der Waals surface area contributed by atoms with Crippen molar-refractivity contribution in [1.29, 1.82) is 0 Å². The van der Waals surface area contributed by atoms with Crippen molar-refractivity contribution in [3.63, 3.8) is 0 Å². The molecule has 2 aliphatic rings. The van der Waals surface area contributed by atoms with Crippen LogP contribution in [0.15, 0.2) is 4.52 Å². The van der Waals surface area contributed by atoms with Gasteiger partial charge >= 0.3 is 0 Å². The van der Waals surface area contributed by atoms with Gasteiger partial charge in [-0.3, -0.25) is 0 Å². The summed E-state index contributed by atoms with van der Waals surface area (Å²) in [6, 6.07) is 0. The number of hydrogen-bond acceptors (Lipinski definition) is 4. The van der Waals surface area contributed by atoms with Gasteiger partial charge in [0, 0.05) is 5.92 Å². The lowest BCUT2D eigenvalue weighted by atomic mass is 9.76. The molecular formula is C14H23N3O. The first-order valence-electron chi connectivity index (χ1n) is 7.04. The van der Waals surface area contributed by atoms with E-state index >= 15 is 0 Å². The van der Waals surface area contributed by atoms with E-state index in [0.717, 1.165) is 37.4 Å². The second kappa shape index (κ2) is 3.80. The molecule has 4 nitrogen and oxygen atoms in total. The van der Waals surface area contributed by atoms with E-state index in [2.05, 4.69) is 30.9 Å². The van der Waals surface area contributed by atoms with Gasteiger partial charge in [-0.05, 0) is 30.6 Å². The van der Waals surface area contributed by atoms with Crippen molar-refractivity contribution < 1.29 is 4.52 Å². The van der Waals surface area contributed by atoms with Crippen LogP contribution < -0.4 is 5.73 Å². The minimum absolute atomic E-state index is 0.325. The first-order chi connectivity index (χ1) is 8.41. The second-order valence-corrected chi connectivity index (χ2v) is 7.06. The fourth-order valence-electron chi connectivity index (χ4n) is 3.26. The van der Waals surface area contributed by atoms with E-state index < -0.39 is 0 Å². The Kier molecular flexibility index (Phi) is 2.56. The van der Waals surface area contributed by atoms with Crippen molar-refractivity contribution in [2.45, 2.75) is 64.3 Å². The summed E-state index contributed by atoms with van der Waals surface area (Å²) in [6.07, 6.45) is 5.52. The van der Waals surface area contributed by atoms with Crippen LogP contribution in [0.1, 0.15) is 70.5 Å². The van der Waals surface area contributed by atoms with Crippen LogP contribution in [0.25, 0.3) is 0 Å². The van der Waals surface area contributed by atoms with Crippen molar-refractivity contribution >= 4 is 0 Å². The molecule has 0 spiro atoms. The van der Waals surface area contributed by atoms with Crippen LogP contribution in [0.2, 0.25) is 0 Å². The maximum Gasteiger partial charge on any atom is 0.230 e. The molecule has 3 atom stereocenters. The zero-order valence-corrected chi connectivity index (χ0v) is 11.6. The van der Waals surface area contributed by atoms with E-state index in [4.69, 9.17) is 10.3 Å². The predicted octanol–water partition coefficient (Wildman–Crippen LogP) is 2.95. The molecule has 3 rings (SSSR count). The maximum absolute atomic E-state index is 6.49. The predicted molar refractivity (Wildman–Crippen MR) is 68.9 cm³/mol. The second-order valence-electron chi connectivity index (χ2n) is 7.06. The summed E-state index contributed by atoms with van der Waals surface area (Å²) in [4.78, 5) is 4.59. The van der Waals surface area contributed by atoms with Gasteiger partial charge < -0.3 is 10.3 Å². The lowest BCUT2D eigenvalue weighted by molar-refractivity contribution is 0.221. The molecule has 1 aromatic rings. The summed E-state index contributed by atoms with van der Waals surface area (Å²) in [7, 11) is 0. The van der Waals surface area contributed by atoms with Crippen LogP contribution in [0.3, 0.4) is 0 Å². The SMILES string of the molecule is CC1CCCC(N)(c2noc(C3CC3(C)C)n2)C1. The highest BCUT2D eigenvalue weighted by molar-refractivity contribution is 5.15. The summed E-state index contributed by atoms with van der Waals surface area (Å²) < 4.78 is 5.44. The first-order valence-corrected chi connectivity index (χ1v) is 7.04. The third kappa shape index (κ3) is 1.96. The fourth-order valence-corrected chi connectivity index (χ4v) is 3.26. The van der Waals surface area contributed by atoms with Crippen LogP contribution >= 0.6 is 0 Å². The molecule has 3 unspecified atom stereocenters. The van der Waals surface area contributed by atoms with Crippen molar-refractivity contribution in [3.05, 3.63) is 11.7 Å². The minimum atomic E-state index is -0.363. The molecule has 0 aromatic carbocycles. The third-order valence-corrected chi connectivity index (χ3v) is 4.73. The molecule has 1 aromatic heterocycles. The molecule has 2 aliphatic carbocycles. The third-order valence-electron chi connectivity index (χ3n) is 4.73. The topological polar surface area (TPSA) is 64.9 Å². The fraction of sp³-hybridized carbons (Fsp3) is 0.857. The number of nitrogens with zero attached hydrogens (tertiary/aromatic N) is 2. The van der Waals surface area contributed by atoms with Gasteiger partial charge in [-0.1, -0.05) is 38.8 Å². The van der Waals surface area contributed by atoms with Crippen LogP contribution in [-0.2, 0) is 5.54 Å². The Morgan fingerprint density at radius 2 is 2.06 bits per heavy atom. The molecule has 4 heteroatoms. The Hall–Kier alpha value is -0.900. The molecule has 2 saturated carbocycles. The van der Waals surface area contributed by atoms with Crippen molar-refractivity contribution in [3.8, 4) is 0 Å².